The molecule has 0 spiro atoms. The van der Waals surface area contributed by atoms with Crippen molar-refractivity contribution in [1.29, 1.82) is 0 Å². The van der Waals surface area contributed by atoms with Crippen LogP contribution in [0.2, 0.25) is 0 Å². The third-order valence-corrected chi connectivity index (χ3v) is 2.88. The summed E-state index contributed by atoms with van der Waals surface area (Å²) >= 11 is 0. The van der Waals surface area contributed by atoms with Crippen molar-refractivity contribution >= 4 is 22.7 Å². The third kappa shape index (κ3) is 3.23. The van der Waals surface area contributed by atoms with Gasteiger partial charge in [0.2, 0.25) is 11.8 Å². The summed E-state index contributed by atoms with van der Waals surface area (Å²) in [6.07, 6.45) is 0. The lowest BCUT2D eigenvalue weighted by molar-refractivity contribution is -0.119. The summed E-state index contributed by atoms with van der Waals surface area (Å²) in [5, 5.41) is 0. The summed E-state index contributed by atoms with van der Waals surface area (Å²) in [5.41, 5.74) is 13.0. The molecule has 0 unspecified atom stereocenters. The van der Waals surface area contributed by atoms with Gasteiger partial charge in [-0.1, -0.05) is 0 Å². The van der Waals surface area contributed by atoms with Crippen molar-refractivity contribution < 1.29 is 9.21 Å². The smallest absolute Gasteiger partial charge is 0.231 e. The van der Waals surface area contributed by atoms with Crippen LogP contribution < -0.4 is 11.5 Å². The van der Waals surface area contributed by atoms with Gasteiger partial charge in [-0.25, -0.2) is 4.98 Å². The molecule has 1 heterocycles. The zero-order valence-electron chi connectivity index (χ0n) is 11.1. The Balaban J connectivity index is 2.21. The van der Waals surface area contributed by atoms with E-state index in [0.29, 0.717) is 23.7 Å². The van der Waals surface area contributed by atoms with E-state index in [9.17, 15) is 4.79 Å². The highest BCUT2D eigenvalue weighted by molar-refractivity contribution is 5.77. The van der Waals surface area contributed by atoms with Gasteiger partial charge >= 0.3 is 0 Å². The molecular formula is C13H18N4O2. The Morgan fingerprint density at radius 1 is 1.47 bits per heavy atom. The van der Waals surface area contributed by atoms with Crippen molar-refractivity contribution in [2.75, 3.05) is 12.3 Å². The number of anilines is 1. The number of fused-ring (bicyclic) bond motifs is 1. The lowest BCUT2D eigenvalue weighted by Gasteiger charge is -2.22. The number of hydrogen-bond acceptors (Lipinski definition) is 5. The molecule has 0 saturated carbocycles. The highest BCUT2D eigenvalue weighted by Crippen LogP contribution is 2.19. The zero-order valence-corrected chi connectivity index (χ0v) is 11.1. The molecule has 0 atom stereocenters. The Bertz CT molecular complexity index is 591. The highest BCUT2D eigenvalue weighted by Gasteiger charge is 2.16. The molecule has 19 heavy (non-hydrogen) atoms. The van der Waals surface area contributed by atoms with E-state index in [2.05, 4.69) is 4.98 Å². The molecular weight excluding hydrogens is 244 g/mol. The first-order chi connectivity index (χ1) is 8.95. The van der Waals surface area contributed by atoms with Crippen molar-refractivity contribution in [3.63, 3.8) is 0 Å². The minimum absolute atomic E-state index is 0.174. The Morgan fingerprint density at radius 3 is 2.84 bits per heavy atom. The van der Waals surface area contributed by atoms with Crippen molar-refractivity contribution in [3.05, 3.63) is 24.1 Å². The fourth-order valence-corrected chi connectivity index (χ4v) is 1.85. The van der Waals surface area contributed by atoms with E-state index in [1.165, 1.54) is 0 Å². The molecule has 4 N–H and O–H groups in total. The second-order valence-electron chi connectivity index (χ2n) is 4.80. The predicted octanol–water partition coefficient (Wildman–Crippen LogP) is 1.11. The summed E-state index contributed by atoms with van der Waals surface area (Å²) in [5.74, 6) is 0.185. The number of aromatic nitrogens is 1. The first-order valence-corrected chi connectivity index (χ1v) is 6.13. The SMILES string of the molecule is CC(C)N(CC(N)=O)Cc1nc2cc(N)ccc2o1. The topological polar surface area (TPSA) is 98.4 Å². The van der Waals surface area contributed by atoms with Crippen LogP contribution >= 0.6 is 0 Å². The molecule has 2 aromatic rings. The number of primary amides is 1. The van der Waals surface area contributed by atoms with Crippen LogP contribution in [-0.4, -0.2) is 28.4 Å². The summed E-state index contributed by atoms with van der Waals surface area (Å²) in [7, 11) is 0. The molecule has 6 heteroatoms. The summed E-state index contributed by atoms with van der Waals surface area (Å²) < 4.78 is 5.62. The van der Waals surface area contributed by atoms with Gasteiger partial charge in [-0.15, -0.1) is 0 Å². The van der Waals surface area contributed by atoms with E-state index in [0.717, 1.165) is 5.52 Å². The van der Waals surface area contributed by atoms with E-state index in [-0.39, 0.29) is 18.5 Å². The number of carbonyl (C=O) groups excluding carboxylic acids is 1. The molecule has 0 radical (unpaired) electrons. The predicted molar refractivity (Wildman–Crippen MR) is 73.2 cm³/mol. The van der Waals surface area contributed by atoms with Gasteiger partial charge in [0.25, 0.3) is 0 Å². The standard InChI is InChI=1S/C13H18N4O2/c1-8(2)17(6-12(15)18)7-13-16-10-5-9(14)3-4-11(10)19-13/h3-5,8H,6-7,14H2,1-2H3,(H2,15,18). The van der Waals surface area contributed by atoms with Gasteiger partial charge in [-0.3, -0.25) is 9.69 Å². The molecule has 0 aliphatic carbocycles. The lowest BCUT2D eigenvalue weighted by atomic mass is 10.3. The van der Waals surface area contributed by atoms with Gasteiger partial charge in [0, 0.05) is 11.7 Å². The van der Waals surface area contributed by atoms with Crippen LogP contribution in [0.3, 0.4) is 0 Å². The van der Waals surface area contributed by atoms with Crippen LogP contribution in [0.15, 0.2) is 22.6 Å². The maximum atomic E-state index is 11.0. The monoisotopic (exact) mass is 262 g/mol. The first-order valence-electron chi connectivity index (χ1n) is 6.13. The quantitative estimate of drug-likeness (QED) is 0.786. The van der Waals surface area contributed by atoms with Gasteiger partial charge < -0.3 is 15.9 Å². The first kappa shape index (κ1) is 13.4. The molecule has 0 aliphatic rings. The molecule has 1 aromatic carbocycles. The minimum Gasteiger partial charge on any atom is -0.439 e. The average molecular weight is 262 g/mol. The molecule has 2 rings (SSSR count). The fourth-order valence-electron chi connectivity index (χ4n) is 1.85. The number of hydrogen-bond donors (Lipinski definition) is 2. The average Bonchev–Trinajstić information content (AvgIpc) is 2.68. The van der Waals surface area contributed by atoms with Crippen LogP contribution in [0.4, 0.5) is 5.69 Å². The van der Waals surface area contributed by atoms with Crippen molar-refractivity contribution in [2.24, 2.45) is 5.73 Å². The molecule has 102 valence electrons. The second kappa shape index (κ2) is 5.27. The van der Waals surface area contributed by atoms with Gasteiger partial charge in [0.15, 0.2) is 5.58 Å². The van der Waals surface area contributed by atoms with E-state index < -0.39 is 0 Å². The maximum absolute atomic E-state index is 11.0. The van der Waals surface area contributed by atoms with Crippen molar-refractivity contribution in [1.82, 2.24) is 9.88 Å². The molecule has 6 nitrogen and oxygen atoms in total. The minimum atomic E-state index is -0.367. The lowest BCUT2D eigenvalue weighted by Crippen LogP contribution is -2.38. The number of nitrogen functional groups attached to an aromatic ring is 1. The largest absolute Gasteiger partial charge is 0.439 e. The summed E-state index contributed by atoms with van der Waals surface area (Å²) in [6, 6.07) is 5.49. The Morgan fingerprint density at radius 2 is 2.21 bits per heavy atom. The number of amides is 1. The van der Waals surface area contributed by atoms with E-state index in [4.69, 9.17) is 15.9 Å². The number of rotatable bonds is 5. The summed E-state index contributed by atoms with van der Waals surface area (Å²) in [6.45, 7) is 4.60. The van der Waals surface area contributed by atoms with Crippen LogP contribution in [0.1, 0.15) is 19.7 Å². The zero-order chi connectivity index (χ0) is 14.0. The third-order valence-electron chi connectivity index (χ3n) is 2.88. The normalized spacial score (nSPS) is 11.6. The van der Waals surface area contributed by atoms with Crippen LogP contribution in [0.25, 0.3) is 11.1 Å². The van der Waals surface area contributed by atoms with Crippen LogP contribution in [0, 0.1) is 0 Å². The fraction of sp³-hybridized carbons (Fsp3) is 0.385. The summed E-state index contributed by atoms with van der Waals surface area (Å²) in [4.78, 5) is 17.3. The second-order valence-corrected chi connectivity index (χ2v) is 4.80. The number of oxazole rings is 1. The van der Waals surface area contributed by atoms with Crippen molar-refractivity contribution in [3.8, 4) is 0 Å². The highest BCUT2D eigenvalue weighted by atomic mass is 16.3. The Kier molecular flexibility index (Phi) is 3.71. The van der Waals surface area contributed by atoms with Gasteiger partial charge in [0.05, 0.1) is 13.1 Å². The van der Waals surface area contributed by atoms with E-state index in [1.54, 1.807) is 18.2 Å². The number of nitrogens with zero attached hydrogens (tertiary/aromatic N) is 2. The van der Waals surface area contributed by atoms with Crippen molar-refractivity contribution in [2.45, 2.75) is 26.4 Å². The number of nitrogens with two attached hydrogens (primary N) is 2. The van der Waals surface area contributed by atoms with Gasteiger partial charge in [0.1, 0.15) is 5.52 Å². The molecule has 0 aliphatic heterocycles. The Labute approximate surface area is 111 Å². The number of benzene rings is 1. The van der Waals surface area contributed by atoms with Gasteiger partial charge in [-0.2, -0.15) is 0 Å². The maximum Gasteiger partial charge on any atom is 0.231 e. The Hall–Kier alpha value is -2.08. The van der Waals surface area contributed by atoms with Gasteiger partial charge in [-0.05, 0) is 32.0 Å². The number of carbonyl (C=O) groups is 1. The molecule has 0 bridgehead atoms. The van der Waals surface area contributed by atoms with E-state index >= 15 is 0 Å². The van der Waals surface area contributed by atoms with Crippen LogP contribution in [-0.2, 0) is 11.3 Å². The van der Waals surface area contributed by atoms with Crippen LogP contribution in [0.5, 0.6) is 0 Å². The molecule has 1 aromatic heterocycles. The molecule has 1 amide bonds. The molecule has 0 fully saturated rings. The van der Waals surface area contributed by atoms with E-state index in [1.807, 2.05) is 18.7 Å². The molecule has 0 saturated heterocycles.